The largest absolute Gasteiger partial charge is 0.444 e. The van der Waals surface area contributed by atoms with Crippen molar-refractivity contribution in [2.24, 2.45) is 0 Å². The highest BCUT2D eigenvalue weighted by atomic mass is 16.6. The number of ether oxygens (including phenoxy) is 1. The third-order valence-electron chi connectivity index (χ3n) is 4.28. The maximum absolute atomic E-state index is 12.5. The van der Waals surface area contributed by atoms with Gasteiger partial charge in [0.2, 0.25) is 0 Å². The van der Waals surface area contributed by atoms with Gasteiger partial charge in [0.15, 0.2) is 5.82 Å². The Morgan fingerprint density at radius 3 is 2.32 bits per heavy atom. The quantitative estimate of drug-likeness (QED) is 0.881. The molecule has 1 aliphatic heterocycles. The number of amides is 3. The van der Waals surface area contributed by atoms with Crippen molar-refractivity contribution in [3.63, 3.8) is 0 Å². The fraction of sp³-hybridized carbons (Fsp3) is 0.450. The molecule has 1 fully saturated rings. The number of aromatic nitrogens is 2. The molecule has 0 radical (unpaired) electrons. The van der Waals surface area contributed by atoms with Crippen molar-refractivity contribution >= 4 is 17.9 Å². The van der Waals surface area contributed by atoms with Crippen LogP contribution in [0.4, 0.5) is 15.4 Å². The van der Waals surface area contributed by atoms with Gasteiger partial charge in [0.1, 0.15) is 5.60 Å². The van der Waals surface area contributed by atoms with Gasteiger partial charge in [0.05, 0.1) is 6.54 Å². The predicted molar refractivity (Wildman–Crippen MR) is 106 cm³/mol. The summed E-state index contributed by atoms with van der Waals surface area (Å²) in [7, 11) is 0. The molecule has 0 bridgehead atoms. The summed E-state index contributed by atoms with van der Waals surface area (Å²) < 4.78 is 7.16. The molecule has 1 aliphatic rings. The summed E-state index contributed by atoms with van der Waals surface area (Å²) in [6, 6.07) is 11.6. The summed E-state index contributed by atoms with van der Waals surface area (Å²) in [6.45, 7) is 7.97. The lowest BCUT2D eigenvalue weighted by atomic mass is 10.2. The second-order valence-electron chi connectivity index (χ2n) is 7.77. The topological polar surface area (TPSA) is 79.7 Å². The molecule has 1 aromatic carbocycles. The van der Waals surface area contributed by atoms with E-state index in [1.165, 1.54) is 0 Å². The Balaban J connectivity index is 1.48. The number of piperazine rings is 1. The van der Waals surface area contributed by atoms with Gasteiger partial charge in [-0.15, -0.1) is 0 Å². The third kappa shape index (κ3) is 5.48. The molecule has 3 amide bonds. The Hall–Kier alpha value is -3.03. The molecule has 0 atom stereocenters. The smallest absolute Gasteiger partial charge is 0.410 e. The lowest BCUT2D eigenvalue weighted by Crippen LogP contribution is -2.52. The molecule has 1 saturated heterocycles. The molecule has 0 aliphatic carbocycles. The lowest BCUT2D eigenvalue weighted by molar-refractivity contribution is 0.0174. The number of rotatable bonds is 3. The molecular formula is C20H27N5O3. The number of nitrogens with one attached hydrogen (secondary N) is 1. The first-order valence-corrected chi connectivity index (χ1v) is 9.41. The van der Waals surface area contributed by atoms with Crippen LogP contribution in [0.5, 0.6) is 0 Å². The number of anilines is 1. The molecule has 8 heteroatoms. The zero-order chi connectivity index (χ0) is 20.1. The van der Waals surface area contributed by atoms with Gasteiger partial charge >= 0.3 is 12.1 Å². The van der Waals surface area contributed by atoms with E-state index in [9.17, 15) is 9.59 Å². The number of hydrogen-bond acceptors (Lipinski definition) is 4. The molecule has 150 valence electrons. The van der Waals surface area contributed by atoms with Crippen LogP contribution in [-0.2, 0) is 11.3 Å². The number of urea groups is 1. The molecular weight excluding hydrogens is 358 g/mol. The van der Waals surface area contributed by atoms with Crippen LogP contribution in [0.2, 0.25) is 0 Å². The molecule has 1 aromatic heterocycles. The van der Waals surface area contributed by atoms with E-state index in [1.807, 2.05) is 57.3 Å². The van der Waals surface area contributed by atoms with E-state index in [4.69, 9.17) is 4.74 Å². The molecule has 0 spiro atoms. The predicted octanol–water partition coefficient (Wildman–Crippen LogP) is 3.02. The van der Waals surface area contributed by atoms with Crippen molar-refractivity contribution in [3.05, 3.63) is 48.2 Å². The first-order chi connectivity index (χ1) is 13.3. The molecule has 2 heterocycles. The van der Waals surface area contributed by atoms with Crippen molar-refractivity contribution in [1.29, 1.82) is 0 Å². The molecule has 0 unspecified atom stereocenters. The molecule has 3 rings (SSSR count). The van der Waals surface area contributed by atoms with Gasteiger partial charge in [-0.2, -0.15) is 5.10 Å². The average Bonchev–Trinajstić information content (AvgIpc) is 3.08. The minimum atomic E-state index is -0.524. The summed E-state index contributed by atoms with van der Waals surface area (Å²) in [5.41, 5.74) is 0.617. The summed E-state index contributed by atoms with van der Waals surface area (Å²) in [6.07, 6.45) is 1.50. The van der Waals surface area contributed by atoms with Crippen molar-refractivity contribution < 1.29 is 14.3 Å². The van der Waals surface area contributed by atoms with E-state index in [0.717, 1.165) is 5.56 Å². The van der Waals surface area contributed by atoms with Gasteiger partial charge in [-0.1, -0.05) is 30.3 Å². The van der Waals surface area contributed by atoms with Crippen LogP contribution in [-0.4, -0.2) is 63.5 Å². The maximum Gasteiger partial charge on any atom is 0.410 e. The second kappa shape index (κ2) is 8.33. The summed E-state index contributed by atoms with van der Waals surface area (Å²) >= 11 is 0. The van der Waals surface area contributed by atoms with Crippen molar-refractivity contribution in [1.82, 2.24) is 19.6 Å². The van der Waals surface area contributed by atoms with Crippen molar-refractivity contribution in [3.8, 4) is 0 Å². The summed E-state index contributed by atoms with van der Waals surface area (Å²) in [4.78, 5) is 27.9. The van der Waals surface area contributed by atoms with Crippen molar-refractivity contribution in [2.45, 2.75) is 32.9 Å². The number of carbonyl (C=O) groups excluding carboxylic acids is 2. The van der Waals surface area contributed by atoms with Crippen LogP contribution < -0.4 is 5.32 Å². The minimum absolute atomic E-state index is 0.214. The van der Waals surface area contributed by atoms with E-state index < -0.39 is 5.60 Å². The van der Waals surface area contributed by atoms with Crippen molar-refractivity contribution in [2.75, 3.05) is 31.5 Å². The monoisotopic (exact) mass is 385 g/mol. The highest BCUT2D eigenvalue weighted by Gasteiger charge is 2.27. The Kier molecular flexibility index (Phi) is 5.87. The van der Waals surface area contributed by atoms with Crippen LogP contribution in [0.25, 0.3) is 0 Å². The first kappa shape index (κ1) is 19.7. The first-order valence-electron chi connectivity index (χ1n) is 9.41. The van der Waals surface area contributed by atoms with Crippen LogP contribution in [0.15, 0.2) is 42.6 Å². The van der Waals surface area contributed by atoms with E-state index in [0.29, 0.717) is 38.5 Å². The molecule has 8 nitrogen and oxygen atoms in total. The highest BCUT2D eigenvalue weighted by Crippen LogP contribution is 2.13. The maximum atomic E-state index is 12.5. The van der Waals surface area contributed by atoms with Crippen LogP contribution in [0, 0.1) is 0 Å². The number of carbonyl (C=O) groups is 2. The van der Waals surface area contributed by atoms with Gasteiger partial charge in [0.25, 0.3) is 0 Å². The zero-order valence-corrected chi connectivity index (χ0v) is 16.6. The molecule has 2 aromatic rings. The third-order valence-corrected chi connectivity index (χ3v) is 4.28. The van der Waals surface area contributed by atoms with E-state index >= 15 is 0 Å². The highest BCUT2D eigenvalue weighted by molar-refractivity contribution is 5.88. The molecule has 0 saturated carbocycles. The number of benzene rings is 1. The SMILES string of the molecule is CC(C)(C)OC(=O)N1CCN(C(=O)Nc2ccn(Cc3ccccc3)n2)CC1. The standard InChI is InChI=1S/C20H27N5O3/c1-20(2,3)28-19(27)24-13-11-23(12-14-24)18(26)21-17-9-10-25(22-17)15-16-7-5-4-6-8-16/h4-10H,11-15H2,1-3H3,(H,21,22,26). The number of hydrogen-bond donors (Lipinski definition) is 1. The van der Waals surface area contributed by atoms with Crippen LogP contribution >= 0.6 is 0 Å². The van der Waals surface area contributed by atoms with E-state index in [1.54, 1.807) is 20.5 Å². The Labute approximate surface area is 165 Å². The Bertz CT molecular complexity index is 805. The zero-order valence-electron chi connectivity index (χ0n) is 16.6. The lowest BCUT2D eigenvalue weighted by Gasteiger charge is -2.35. The van der Waals surface area contributed by atoms with E-state index in [2.05, 4.69) is 10.4 Å². The molecule has 1 N–H and O–H groups in total. The van der Waals surface area contributed by atoms with Gasteiger partial charge < -0.3 is 14.5 Å². The minimum Gasteiger partial charge on any atom is -0.444 e. The van der Waals surface area contributed by atoms with Crippen LogP contribution in [0.1, 0.15) is 26.3 Å². The Morgan fingerprint density at radius 2 is 1.68 bits per heavy atom. The van der Waals surface area contributed by atoms with Gasteiger partial charge in [-0.25, -0.2) is 9.59 Å². The second-order valence-corrected chi connectivity index (χ2v) is 7.77. The fourth-order valence-corrected chi connectivity index (χ4v) is 2.89. The fourth-order valence-electron chi connectivity index (χ4n) is 2.89. The van der Waals surface area contributed by atoms with E-state index in [-0.39, 0.29) is 12.1 Å². The molecule has 28 heavy (non-hydrogen) atoms. The number of nitrogens with zero attached hydrogens (tertiary/aromatic N) is 4. The summed E-state index contributed by atoms with van der Waals surface area (Å²) in [5, 5.41) is 7.22. The Morgan fingerprint density at radius 1 is 1.04 bits per heavy atom. The normalized spacial score (nSPS) is 14.7. The van der Waals surface area contributed by atoms with Gasteiger partial charge in [0, 0.05) is 38.4 Å². The van der Waals surface area contributed by atoms with Gasteiger partial charge in [-0.3, -0.25) is 10.00 Å². The van der Waals surface area contributed by atoms with Crippen LogP contribution in [0.3, 0.4) is 0 Å². The van der Waals surface area contributed by atoms with Gasteiger partial charge in [-0.05, 0) is 26.3 Å². The summed E-state index contributed by atoms with van der Waals surface area (Å²) in [5.74, 6) is 0.510. The average molecular weight is 385 g/mol.